The van der Waals surface area contributed by atoms with Gasteiger partial charge in [-0.05, 0) is 37.1 Å². The zero-order chi connectivity index (χ0) is 16.3. The molecule has 0 bridgehead atoms. The van der Waals surface area contributed by atoms with Gasteiger partial charge in [0.05, 0.1) is 15.2 Å². The monoisotopic (exact) mass is 350 g/mol. The second-order valence-electron chi connectivity index (χ2n) is 5.67. The lowest BCUT2D eigenvalue weighted by Gasteiger charge is -2.24. The van der Waals surface area contributed by atoms with Crippen LogP contribution in [0.1, 0.15) is 24.3 Å². The molecule has 1 atom stereocenters. The second-order valence-corrected chi connectivity index (χ2v) is 7.89. The number of carbonyl (C=O) groups excluding carboxylic acids is 1. The van der Waals surface area contributed by atoms with Gasteiger partial charge in [0.25, 0.3) is 0 Å². The molecule has 0 radical (unpaired) electrons. The third-order valence-corrected chi connectivity index (χ3v) is 6.23. The van der Waals surface area contributed by atoms with E-state index >= 15 is 0 Å². The number of carbonyl (C=O) groups is 2. The molecule has 2 aromatic rings. The van der Waals surface area contributed by atoms with Gasteiger partial charge in [-0.2, -0.15) is 11.8 Å². The number of nitrogens with zero attached hydrogens (tertiary/aromatic N) is 1. The standard InChI is InChI=1S/C16H18N2O3S2/c19-13(18-16(15(20)21)8-9-22-10-16)6-3-7-14-17-11-4-1-2-5-12(11)23-14/h1-2,4-5H,3,6-10H2,(H,18,19)(H,20,21). The minimum Gasteiger partial charge on any atom is -0.479 e. The van der Waals surface area contributed by atoms with Gasteiger partial charge in [0.1, 0.15) is 5.54 Å². The molecule has 5 nitrogen and oxygen atoms in total. The summed E-state index contributed by atoms with van der Waals surface area (Å²) >= 11 is 3.22. The Balaban J connectivity index is 1.52. The highest BCUT2D eigenvalue weighted by Crippen LogP contribution is 2.28. The number of amides is 1. The van der Waals surface area contributed by atoms with Crippen LogP contribution in [0.4, 0.5) is 0 Å². The molecule has 122 valence electrons. The number of fused-ring (bicyclic) bond motifs is 1. The van der Waals surface area contributed by atoms with Crippen molar-refractivity contribution in [3.05, 3.63) is 29.3 Å². The predicted molar refractivity (Wildman–Crippen MR) is 93.0 cm³/mol. The summed E-state index contributed by atoms with van der Waals surface area (Å²) in [6, 6.07) is 7.97. The molecule has 1 aliphatic heterocycles. The fraction of sp³-hybridized carbons (Fsp3) is 0.438. The summed E-state index contributed by atoms with van der Waals surface area (Å²) in [6.07, 6.45) is 2.24. The molecule has 2 heterocycles. The van der Waals surface area contributed by atoms with Gasteiger partial charge < -0.3 is 10.4 Å². The largest absolute Gasteiger partial charge is 0.479 e. The Kier molecular flexibility index (Phi) is 4.87. The zero-order valence-electron chi connectivity index (χ0n) is 12.6. The average Bonchev–Trinajstić information content (AvgIpc) is 3.14. The number of nitrogens with one attached hydrogen (secondary N) is 1. The second kappa shape index (κ2) is 6.88. The van der Waals surface area contributed by atoms with Crippen molar-refractivity contribution in [1.29, 1.82) is 0 Å². The molecule has 2 N–H and O–H groups in total. The van der Waals surface area contributed by atoms with Crippen LogP contribution in [0.5, 0.6) is 0 Å². The van der Waals surface area contributed by atoms with E-state index in [1.165, 1.54) is 0 Å². The maximum Gasteiger partial charge on any atom is 0.330 e. The van der Waals surface area contributed by atoms with Crippen molar-refractivity contribution in [3.8, 4) is 0 Å². The molecule has 1 aromatic heterocycles. The normalized spacial score (nSPS) is 20.7. The fourth-order valence-corrected chi connectivity index (χ4v) is 4.98. The van der Waals surface area contributed by atoms with E-state index in [2.05, 4.69) is 10.3 Å². The number of rotatable bonds is 6. The minimum atomic E-state index is -1.07. The van der Waals surface area contributed by atoms with Gasteiger partial charge in [0.2, 0.25) is 5.91 Å². The lowest BCUT2D eigenvalue weighted by atomic mass is 9.99. The van der Waals surface area contributed by atoms with Crippen LogP contribution < -0.4 is 5.32 Å². The van der Waals surface area contributed by atoms with E-state index in [0.29, 0.717) is 25.0 Å². The van der Waals surface area contributed by atoms with Gasteiger partial charge in [-0.1, -0.05) is 12.1 Å². The number of hydrogen-bond acceptors (Lipinski definition) is 5. The Morgan fingerprint density at radius 2 is 2.17 bits per heavy atom. The van der Waals surface area contributed by atoms with Gasteiger partial charge in [-0.25, -0.2) is 9.78 Å². The predicted octanol–water partition coefficient (Wildman–Crippen LogP) is 2.70. The average molecular weight is 350 g/mol. The fourth-order valence-electron chi connectivity index (χ4n) is 2.64. The Hall–Kier alpha value is -1.60. The van der Waals surface area contributed by atoms with Crippen LogP contribution in [0.2, 0.25) is 0 Å². The third-order valence-electron chi connectivity index (χ3n) is 3.94. The Labute approximate surface area is 142 Å². The van der Waals surface area contributed by atoms with Crippen LogP contribution in [0.25, 0.3) is 10.2 Å². The van der Waals surface area contributed by atoms with Crippen LogP contribution in [-0.4, -0.2) is 39.0 Å². The molecule has 1 saturated heterocycles. The van der Waals surface area contributed by atoms with Gasteiger partial charge in [-0.3, -0.25) is 4.79 Å². The van der Waals surface area contributed by atoms with Gasteiger partial charge >= 0.3 is 5.97 Å². The summed E-state index contributed by atoms with van der Waals surface area (Å²) in [6.45, 7) is 0. The first kappa shape index (κ1) is 16.3. The maximum absolute atomic E-state index is 12.1. The van der Waals surface area contributed by atoms with E-state index in [1.54, 1.807) is 23.1 Å². The van der Waals surface area contributed by atoms with E-state index in [4.69, 9.17) is 0 Å². The van der Waals surface area contributed by atoms with Gasteiger partial charge in [0, 0.05) is 12.2 Å². The molecular weight excluding hydrogens is 332 g/mol. The summed E-state index contributed by atoms with van der Waals surface area (Å²) in [7, 11) is 0. The molecular formula is C16H18N2O3S2. The zero-order valence-corrected chi connectivity index (χ0v) is 14.2. The molecule has 1 amide bonds. The molecule has 1 aromatic carbocycles. The van der Waals surface area contributed by atoms with Crippen molar-refractivity contribution in [2.75, 3.05) is 11.5 Å². The summed E-state index contributed by atoms with van der Waals surface area (Å²) < 4.78 is 1.15. The van der Waals surface area contributed by atoms with Crippen LogP contribution in [0.3, 0.4) is 0 Å². The number of benzene rings is 1. The molecule has 3 rings (SSSR count). The Morgan fingerprint density at radius 3 is 2.87 bits per heavy atom. The number of aromatic nitrogens is 1. The quantitative estimate of drug-likeness (QED) is 0.837. The number of hydrogen-bond donors (Lipinski definition) is 2. The van der Waals surface area contributed by atoms with Crippen molar-refractivity contribution < 1.29 is 14.7 Å². The maximum atomic E-state index is 12.1. The highest BCUT2D eigenvalue weighted by Gasteiger charge is 2.43. The summed E-state index contributed by atoms with van der Waals surface area (Å²) in [5.41, 5.74) is -0.0813. The molecule has 0 spiro atoms. The van der Waals surface area contributed by atoms with Crippen LogP contribution in [0.15, 0.2) is 24.3 Å². The summed E-state index contributed by atoms with van der Waals surface area (Å²) in [4.78, 5) is 28.0. The van der Waals surface area contributed by atoms with E-state index in [1.807, 2.05) is 24.3 Å². The summed E-state index contributed by atoms with van der Waals surface area (Å²) in [5.74, 6) is 0.113. The molecule has 0 saturated carbocycles. The smallest absolute Gasteiger partial charge is 0.330 e. The Bertz CT molecular complexity index is 690. The van der Waals surface area contributed by atoms with Crippen molar-refractivity contribution >= 4 is 45.2 Å². The Morgan fingerprint density at radius 1 is 1.35 bits per heavy atom. The molecule has 7 heteroatoms. The number of para-hydroxylation sites is 1. The van der Waals surface area contributed by atoms with Crippen molar-refractivity contribution in [2.45, 2.75) is 31.2 Å². The van der Waals surface area contributed by atoms with Crippen molar-refractivity contribution in [2.24, 2.45) is 0 Å². The van der Waals surface area contributed by atoms with Crippen molar-refractivity contribution in [3.63, 3.8) is 0 Å². The lowest BCUT2D eigenvalue weighted by Crippen LogP contribution is -2.54. The molecule has 1 fully saturated rings. The van der Waals surface area contributed by atoms with E-state index in [9.17, 15) is 14.7 Å². The van der Waals surface area contributed by atoms with E-state index in [0.717, 1.165) is 27.4 Å². The van der Waals surface area contributed by atoms with Gasteiger partial charge in [-0.15, -0.1) is 11.3 Å². The molecule has 23 heavy (non-hydrogen) atoms. The van der Waals surface area contributed by atoms with Gasteiger partial charge in [0.15, 0.2) is 0 Å². The third kappa shape index (κ3) is 3.67. The van der Waals surface area contributed by atoms with Crippen molar-refractivity contribution in [1.82, 2.24) is 10.3 Å². The highest BCUT2D eigenvalue weighted by atomic mass is 32.2. The first-order valence-corrected chi connectivity index (χ1v) is 9.53. The number of carboxylic acid groups (broad SMARTS) is 1. The minimum absolute atomic E-state index is 0.184. The molecule has 1 aliphatic rings. The van der Waals surface area contributed by atoms with Crippen LogP contribution >= 0.6 is 23.1 Å². The number of aryl methyl sites for hydroxylation is 1. The number of thioether (sulfide) groups is 1. The number of thiazole rings is 1. The highest BCUT2D eigenvalue weighted by molar-refractivity contribution is 7.99. The van der Waals surface area contributed by atoms with Crippen LogP contribution in [-0.2, 0) is 16.0 Å². The SMILES string of the molecule is O=C(CCCc1nc2ccccc2s1)NC1(C(=O)O)CCSC1. The summed E-state index contributed by atoms with van der Waals surface area (Å²) in [5, 5.41) is 13.1. The molecule has 1 unspecified atom stereocenters. The van der Waals surface area contributed by atoms with Crippen LogP contribution in [0, 0.1) is 0 Å². The van der Waals surface area contributed by atoms with E-state index < -0.39 is 11.5 Å². The number of aliphatic carboxylic acids is 1. The number of carboxylic acids is 1. The first-order valence-electron chi connectivity index (χ1n) is 7.56. The topological polar surface area (TPSA) is 79.3 Å². The lowest BCUT2D eigenvalue weighted by molar-refractivity contribution is -0.146. The first-order chi connectivity index (χ1) is 11.1. The molecule has 0 aliphatic carbocycles. The van der Waals surface area contributed by atoms with E-state index in [-0.39, 0.29) is 5.91 Å².